The lowest BCUT2D eigenvalue weighted by Gasteiger charge is -2.22. The number of aliphatic hydroxyl groups excluding tert-OH is 1. The largest absolute Gasteiger partial charge is 0.395 e. The monoisotopic (exact) mass is 200 g/mol. The third-order valence-electron chi connectivity index (χ3n) is 3.24. The molecule has 0 bridgehead atoms. The topological polar surface area (TPSA) is 49.5 Å². The molecule has 2 unspecified atom stereocenters. The maximum absolute atomic E-state index is 8.88. The summed E-state index contributed by atoms with van der Waals surface area (Å²) < 4.78 is 0. The standard InChI is InChI=1S/C11H24N2O/c1-2-10-4-3-6-13(7-5-10)8-11(12)9-14/h10-11,14H,2-9,12H2,1H3. The summed E-state index contributed by atoms with van der Waals surface area (Å²) in [6, 6.07) is -0.0619. The van der Waals surface area contributed by atoms with Gasteiger partial charge in [0.15, 0.2) is 0 Å². The molecule has 1 aliphatic rings. The Bertz CT molecular complexity index is 152. The lowest BCUT2D eigenvalue weighted by atomic mass is 9.98. The zero-order chi connectivity index (χ0) is 10.4. The quantitative estimate of drug-likeness (QED) is 0.706. The first-order valence-corrected chi connectivity index (χ1v) is 5.85. The first-order chi connectivity index (χ1) is 6.76. The van der Waals surface area contributed by atoms with Gasteiger partial charge in [-0.05, 0) is 38.3 Å². The minimum Gasteiger partial charge on any atom is -0.395 e. The molecule has 1 saturated heterocycles. The molecular formula is C11H24N2O. The van der Waals surface area contributed by atoms with Crippen LogP contribution in [0.5, 0.6) is 0 Å². The Morgan fingerprint density at radius 3 is 2.86 bits per heavy atom. The summed E-state index contributed by atoms with van der Waals surface area (Å²) in [5.41, 5.74) is 5.73. The van der Waals surface area contributed by atoms with Crippen molar-refractivity contribution in [2.45, 2.75) is 38.6 Å². The van der Waals surface area contributed by atoms with Crippen molar-refractivity contribution in [1.82, 2.24) is 4.90 Å². The molecule has 3 nitrogen and oxygen atoms in total. The van der Waals surface area contributed by atoms with Gasteiger partial charge in [0.1, 0.15) is 0 Å². The summed E-state index contributed by atoms with van der Waals surface area (Å²) in [5.74, 6) is 0.908. The van der Waals surface area contributed by atoms with Crippen LogP contribution in [0, 0.1) is 5.92 Å². The lowest BCUT2D eigenvalue weighted by Crippen LogP contribution is -2.40. The predicted octanol–water partition coefficient (Wildman–Crippen LogP) is 0.818. The molecule has 1 rings (SSSR count). The second-order valence-corrected chi connectivity index (χ2v) is 4.45. The summed E-state index contributed by atoms with van der Waals surface area (Å²) in [6.07, 6.45) is 5.26. The van der Waals surface area contributed by atoms with E-state index >= 15 is 0 Å². The minimum absolute atomic E-state index is 0.0619. The van der Waals surface area contributed by atoms with Gasteiger partial charge in [-0.2, -0.15) is 0 Å². The molecule has 3 N–H and O–H groups in total. The van der Waals surface area contributed by atoms with E-state index in [-0.39, 0.29) is 12.6 Å². The van der Waals surface area contributed by atoms with E-state index in [1.165, 1.54) is 25.7 Å². The molecule has 0 aromatic rings. The highest BCUT2D eigenvalue weighted by atomic mass is 16.3. The van der Waals surface area contributed by atoms with Gasteiger partial charge in [-0.1, -0.05) is 13.3 Å². The molecule has 1 heterocycles. The zero-order valence-electron chi connectivity index (χ0n) is 9.28. The molecule has 0 aromatic carbocycles. The Kier molecular flexibility index (Phi) is 5.45. The number of nitrogens with two attached hydrogens (primary N) is 1. The average molecular weight is 200 g/mol. The van der Waals surface area contributed by atoms with Gasteiger partial charge >= 0.3 is 0 Å². The first kappa shape index (κ1) is 12.0. The van der Waals surface area contributed by atoms with Crippen molar-refractivity contribution >= 4 is 0 Å². The van der Waals surface area contributed by atoms with Crippen LogP contribution in [0.3, 0.4) is 0 Å². The first-order valence-electron chi connectivity index (χ1n) is 5.85. The molecule has 14 heavy (non-hydrogen) atoms. The zero-order valence-corrected chi connectivity index (χ0v) is 9.28. The summed E-state index contributed by atoms with van der Waals surface area (Å²) in [5, 5.41) is 8.88. The fourth-order valence-electron chi connectivity index (χ4n) is 2.21. The average Bonchev–Trinajstić information content (AvgIpc) is 2.43. The van der Waals surface area contributed by atoms with E-state index < -0.39 is 0 Å². The van der Waals surface area contributed by atoms with Gasteiger partial charge < -0.3 is 15.7 Å². The van der Waals surface area contributed by atoms with Crippen LogP contribution in [0.25, 0.3) is 0 Å². The van der Waals surface area contributed by atoms with E-state index in [4.69, 9.17) is 10.8 Å². The molecule has 3 heteroatoms. The molecular weight excluding hydrogens is 176 g/mol. The summed E-state index contributed by atoms with van der Waals surface area (Å²) >= 11 is 0. The van der Waals surface area contributed by atoms with E-state index in [9.17, 15) is 0 Å². The summed E-state index contributed by atoms with van der Waals surface area (Å²) in [7, 11) is 0. The molecule has 0 amide bonds. The van der Waals surface area contributed by atoms with E-state index in [0.29, 0.717) is 0 Å². The van der Waals surface area contributed by atoms with Gasteiger partial charge in [0.05, 0.1) is 6.61 Å². The van der Waals surface area contributed by atoms with Gasteiger partial charge in [0, 0.05) is 12.6 Å². The number of likely N-dealkylation sites (tertiary alicyclic amines) is 1. The van der Waals surface area contributed by atoms with E-state index in [1.807, 2.05) is 0 Å². The van der Waals surface area contributed by atoms with Crippen molar-refractivity contribution in [3.8, 4) is 0 Å². The Morgan fingerprint density at radius 1 is 1.43 bits per heavy atom. The van der Waals surface area contributed by atoms with Crippen LogP contribution in [-0.2, 0) is 0 Å². The summed E-state index contributed by atoms with van der Waals surface area (Å²) in [4.78, 5) is 2.40. The number of aliphatic hydroxyl groups is 1. The summed E-state index contributed by atoms with van der Waals surface area (Å²) in [6.45, 7) is 5.55. The minimum atomic E-state index is -0.0619. The van der Waals surface area contributed by atoms with Crippen molar-refractivity contribution < 1.29 is 5.11 Å². The normalized spacial score (nSPS) is 27.2. The predicted molar refractivity (Wildman–Crippen MR) is 59.1 cm³/mol. The molecule has 1 aliphatic heterocycles. The van der Waals surface area contributed by atoms with Crippen LogP contribution in [-0.4, -0.2) is 42.3 Å². The van der Waals surface area contributed by atoms with Crippen LogP contribution in [0.4, 0.5) is 0 Å². The maximum Gasteiger partial charge on any atom is 0.0595 e. The molecule has 0 radical (unpaired) electrons. The van der Waals surface area contributed by atoms with Crippen LogP contribution < -0.4 is 5.73 Å². The second kappa shape index (κ2) is 6.38. The molecule has 1 fully saturated rings. The fourth-order valence-corrected chi connectivity index (χ4v) is 2.21. The Labute approximate surface area is 87.3 Å². The van der Waals surface area contributed by atoms with E-state index in [1.54, 1.807) is 0 Å². The van der Waals surface area contributed by atoms with Crippen LogP contribution in [0.2, 0.25) is 0 Å². The SMILES string of the molecule is CCC1CCCN(CC(N)CO)CC1. The number of nitrogens with zero attached hydrogens (tertiary/aromatic N) is 1. The Morgan fingerprint density at radius 2 is 2.21 bits per heavy atom. The van der Waals surface area contributed by atoms with E-state index in [0.717, 1.165) is 25.6 Å². The highest BCUT2D eigenvalue weighted by Gasteiger charge is 2.16. The van der Waals surface area contributed by atoms with Gasteiger partial charge in [-0.3, -0.25) is 0 Å². The fraction of sp³-hybridized carbons (Fsp3) is 1.00. The van der Waals surface area contributed by atoms with Crippen molar-refractivity contribution in [2.24, 2.45) is 11.7 Å². The molecule has 2 atom stereocenters. The van der Waals surface area contributed by atoms with Gasteiger partial charge in [-0.25, -0.2) is 0 Å². The third kappa shape index (κ3) is 3.95. The van der Waals surface area contributed by atoms with E-state index in [2.05, 4.69) is 11.8 Å². The maximum atomic E-state index is 8.88. The highest BCUT2D eigenvalue weighted by Crippen LogP contribution is 2.19. The van der Waals surface area contributed by atoms with Crippen molar-refractivity contribution in [3.05, 3.63) is 0 Å². The van der Waals surface area contributed by atoms with Crippen LogP contribution >= 0.6 is 0 Å². The third-order valence-corrected chi connectivity index (χ3v) is 3.24. The lowest BCUT2D eigenvalue weighted by molar-refractivity contribution is 0.203. The van der Waals surface area contributed by atoms with Crippen molar-refractivity contribution in [2.75, 3.05) is 26.2 Å². The highest BCUT2D eigenvalue weighted by molar-refractivity contribution is 4.73. The second-order valence-electron chi connectivity index (χ2n) is 4.45. The van der Waals surface area contributed by atoms with Crippen LogP contribution in [0.15, 0.2) is 0 Å². The smallest absolute Gasteiger partial charge is 0.0595 e. The number of rotatable bonds is 4. The van der Waals surface area contributed by atoms with Gasteiger partial charge in [-0.15, -0.1) is 0 Å². The molecule has 0 spiro atoms. The van der Waals surface area contributed by atoms with Crippen molar-refractivity contribution in [3.63, 3.8) is 0 Å². The van der Waals surface area contributed by atoms with Gasteiger partial charge in [0.2, 0.25) is 0 Å². The number of hydrogen-bond donors (Lipinski definition) is 2. The molecule has 0 aliphatic carbocycles. The number of hydrogen-bond acceptors (Lipinski definition) is 3. The molecule has 84 valence electrons. The molecule has 0 saturated carbocycles. The Balaban J connectivity index is 2.27. The molecule has 0 aromatic heterocycles. The van der Waals surface area contributed by atoms with Crippen molar-refractivity contribution in [1.29, 1.82) is 0 Å². The van der Waals surface area contributed by atoms with Gasteiger partial charge in [0.25, 0.3) is 0 Å². The Hall–Kier alpha value is -0.120. The van der Waals surface area contributed by atoms with Crippen LogP contribution in [0.1, 0.15) is 32.6 Å².